The van der Waals surface area contributed by atoms with Crippen molar-refractivity contribution < 1.29 is 0 Å². The second kappa shape index (κ2) is 5.09. The lowest BCUT2D eigenvalue weighted by Gasteiger charge is -2.02. The van der Waals surface area contributed by atoms with Crippen molar-refractivity contribution in [1.82, 2.24) is 4.98 Å². The van der Waals surface area contributed by atoms with Gasteiger partial charge in [-0.1, -0.05) is 30.3 Å². The van der Waals surface area contributed by atoms with Gasteiger partial charge in [0.05, 0.1) is 5.69 Å². The molecular formula is C16H13N3O. The molecule has 98 valence electrons. The van der Waals surface area contributed by atoms with E-state index in [1.54, 1.807) is 6.07 Å². The fraction of sp³-hybridized carbons (Fsp3) is 0.0625. The van der Waals surface area contributed by atoms with Gasteiger partial charge in [0, 0.05) is 16.6 Å². The van der Waals surface area contributed by atoms with Crippen molar-refractivity contribution in [2.24, 2.45) is 10.2 Å². The maximum Gasteiger partial charge on any atom is 0.217 e. The highest BCUT2D eigenvalue weighted by molar-refractivity contribution is 5.81. The van der Waals surface area contributed by atoms with Gasteiger partial charge >= 0.3 is 0 Å². The average molecular weight is 263 g/mol. The molecule has 0 amide bonds. The first kappa shape index (κ1) is 12.3. The van der Waals surface area contributed by atoms with Gasteiger partial charge in [0.15, 0.2) is 5.69 Å². The Kier molecular flexibility index (Phi) is 3.13. The van der Waals surface area contributed by atoms with Crippen molar-refractivity contribution in [3.63, 3.8) is 0 Å². The van der Waals surface area contributed by atoms with Crippen molar-refractivity contribution in [2.45, 2.75) is 6.92 Å². The second-order valence-corrected chi connectivity index (χ2v) is 4.51. The Bertz CT molecular complexity index is 835. The third-order valence-corrected chi connectivity index (χ3v) is 3.09. The smallest absolute Gasteiger partial charge is 0.217 e. The maximum absolute atomic E-state index is 12.4. The first-order valence-electron chi connectivity index (χ1n) is 6.34. The number of pyridine rings is 1. The third-order valence-electron chi connectivity index (χ3n) is 3.09. The molecule has 0 aliphatic rings. The zero-order valence-electron chi connectivity index (χ0n) is 11.0. The monoisotopic (exact) mass is 263 g/mol. The predicted molar refractivity (Wildman–Crippen MR) is 79.9 cm³/mol. The van der Waals surface area contributed by atoms with Crippen LogP contribution in [0.4, 0.5) is 11.4 Å². The van der Waals surface area contributed by atoms with Gasteiger partial charge in [-0.15, -0.1) is 5.11 Å². The second-order valence-electron chi connectivity index (χ2n) is 4.51. The summed E-state index contributed by atoms with van der Waals surface area (Å²) in [4.78, 5) is 15.6. The molecule has 0 bridgehead atoms. The molecule has 4 nitrogen and oxygen atoms in total. The van der Waals surface area contributed by atoms with Crippen LogP contribution in [0.3, 0.4) is 0 Å². The van der Waals surface area contributed by atoms with E-state index in [2.05, 4.69) is 15.2 Å². The molecule has 0 fully saturated rings. The summed E-state index contributed by atoms with van der Waals surface area (Å²) in [6, 6.07) is 16.7. The molecule has 3 aromatic rings. The summed E-state index contributed by atoms with van der Waals surface area (Å²) in [5.74, 6) is 0. The van der Waals surface area contributed by atoms with Gasteiger partial charge in [0.2, 0.25) is 5.43 Å². The third kappa shape index (κ3) is 2.23. The van der Waals surface area contributed by atoms with Crippen LogP contribution >= 0.6 is 0 Å². The summed E-state index contributed by atoms with van der Waals surface area (Å²) in [5, 5.41) is 8.84. The number of H-pyrrole nitrogens is 1. The molecule has 0 aliphatic heterocycles. The highest BCUT2D eigenvalue weighted by Gasteiger charge is 2.07. The van der Waals surface area contributed by atoms with Gasteiger partial charge in [0.25, 0.3) is 0 Å². The van der Waals surface area contributed by atoms with Crippen molar-refractivity contribution in [2.75, 3.05) is 0 Å². The van der Waals surface area contributed by atoms with E-state index in [1.165, 1.54) is 0 Å². The van der Waals surface area contributed by atoms with E-state index >= 15 is 0 Å². The largest absolute Gasteiger partial charge is 0.357 e. The Morgan fingerprint density at radius 1 is 0.900 bits per heavy atom. The fourth-order valence-corrected chi connectivity index (χ4v) is 2.07. The fourth-order valence-electron chi connectivity index (χ4n) is 2.07. The molecule has 0 unspecified atom stereocenters. The van der Waals surface area contributed by atoms with E-state index in [4.69, 9.17) is 0 Å². The SMILES string of the molecule is Cc1[nH]c2ccccc2c(=O)c1N=Nc1ccccc1. The summed E-state index contributed by atoms with van der Waals surface area (Å²) >= 11 is 0. The molecule has 0 saturated heterocycles. The maximum atomic E-state index is 12.4. The van der Waals surface area contributed by atoms with Gasteiger partial charge in [0.1, 0.15) is 0 Å². The molecule has 3 rings (SSSR count). The first-order valence-corrected chi connectivity index (χ1v) is 6.34. The zero-order valence-corrected chi connectivity index (χ0v) is 11.0. The Labute approximate surface area is 115 Å². The summed E-state index contributed by atoms with van der Waals surface area (Å²) in [7, 11) is 0. The Morgan fingerprint density at radius 2 is 1.60 bits per heavy atom. The summed E-state index contributed by atoms with van der Waals surface area (Å²) < 4.78 is 0. The Morgan fingerprint density at radius 3 is 2.40 bits per heavy atom. The molecule has 20 heavy (non-hydrogen) atoms. The number of para-hydroxylation sites is 1. The van der Waals surface area contributed by atoms with Crippen LogP contribution in [0.15, 0.2) is 69.6 Å². The molecule has 1 heterocycles. The number of fused-ring (bicyclic) bond motifs is 1. The number of nitrogens with zero attached hydrogens (tertiary/aromatic N) is 2. The number of hydrogen-bond acceptors (Lipinski definition) is 3. The van der Waals surface area contributed by atoms with Crippen LogP contribution in [0.5, 0.6) is 0 Å². The highest BCUT2D eigenvalue weighted by Crippen LogP contribution is 2.20. The lowest BCUT2D eigenvalue weighted by atomic mass is 10.2. The zero-order chi connectivity index (χ0) is 13.9. The molecule has 0 radical (unpaired) electrons. The number of hydrogen-bond donors (Lipinski definition) is 1. The molecule has 2 aromatic carbocycles. The van der Waals surface area contributed by atoms with Crippen molar-refractivity contribution in [3.05, 3.63) is 70.5 Å². The lowest BCUT2D eigenvalue weighted by Crippen LogP contribution is -2.04. The van der Waals surface area contributed by atoms with E-state index < -0.39 is 0 Å². The molecule has 0 aliphatic carbocycles. The molecule has 1 aromatic heterocycles. The minimum absolute atomic E-state index is 0.100. The van der Waals surface area contributed by atoms with E-state index in [1.807, 2.05) is 55.5 Å². The number of benzene rings is 2. The van der Waals surface area contributed by atoms with Crippen LogP contribution < -0.4 is 5.43 Å². The van der Waals surface area contributed by atoms with Crippen LogP contribution in [0.25, 0.3) is 10.9 Å². The summed E-state index contributed by atoms with van der Waals surface area (Å²) in [5.41, 5.74) is 2.51. The number of aromatic amines is 1. The predicted octanol–water partition coefficient (Wildman–Crippen LogP) is 4.25. The quantitative estimate of drug-likeness (QED) is 0.690. The van der Waals surface area contributed by atoms with Gasteiger partial charge in [-0.2, -0.15) is 5.11 Å². The molecule has 0 atom stereocenters. The molecule has 0 saturated carbocycles. The number of aromatic nitrogens is 1. The van der Waals surface area contributed by atoms with Crippen molar-refractivity contribution in [3.8, 4) is 0 Å². The Balaban J connectivity index is 2.13. The van der Waals surface area contributed by atoms with Gasteiger partial charge in [-0.05, 0) is 31.2 Å². The van der Waals surface area contributed by atoms with Gasteiger partial charge < -0.3 is 4.98 Å². The first-order chi connectivity index (χ1) is 9.75. The normalized spacial score (nSPS) is 11.2. The molecular weight excluding hydrogens is 250 g/mol. The van der Waals surface area contributed by atoms with Gasteiger partial charge in [-0.25, -0.2) is 0 Å². The molecule has 0 spiro atoms. The number of nitrogens with one attached hydrogen (secondary N) is 1. The van der Waals surface area contributed by atoms with Crippen LogP contribution in [0.2, 0.25) is 0 Å². The summed E-state index contributed by atoms with van der Waals surface area (Å²) in [6.07, 6.45) is 0. The minimum Gasteiger partial charge on any atom is -0.357 e. The lowest BCUT2D eigenvalue weighted by molar-refractivity contribution is 1.15. The highest BCUT2D eigenvalue weighted by atomic mass is 16.1. The Hall–Kier alpha value is -2.75. The van der Waals surface area contributed by atoms with Crippen molar-refractivity contribution >= 4 is 22.3 Å². The topological polar surface area (TPSA) is 57.6 Å². The van der Waals surface area contributed by atoms with Crippen LogP contribution in [-0.2, 0) is 0 Å². The summed E-state index contributed by atoms with van der Waals surface area (Å²) in [6.45, 7) is 1.83. The van der Waals surface area contributed by atoms with Crippen LogP contribution in [-0.4, -0.2) is 4.98 Å². The van der Waals surface area contributed by atoms with Crippen LogP contribution in [0, 0.1) is 6.92 Å². The standard InChI is InChI=1S/C16H13N3O/c1-11-15(19-18-12-7-3-2-4-8-12)16(20)13-9-5-6-10-14(13)17-11/h2-10H,1H3,(H,17,20). The van der Waals surface area contributed by atoms with Crippen LogP contribution in [0.1, 0.15) is 5.69 Å². The van der Waals surface area contributed by atoms with Crippen molar-refractivity contribution in [1.29, 1.82) is 0 Å². The van der Waals surface area contributed by atoms with Gasteiger partial charge in [-0.3, -0.25) is 4.79 Å². The van der Waals surface area contributed by atoms with E-state index in [-0.39, 0.29) is 5.43 Å². The number of azo groups is 1. The number of rotatable bonds is 2. The molecule has 4 heteroatoms. The molecule has 1 N–H and O–H groups in total. The van der Waals surface area contributed by atoms with E-state index in [0.29, 0.717) is 16.8 Å². The van der Waals surface area contributed by atoms with E-state index in [9.17, 15) is 4.79 Å². The number of aryl methyl sites for hydroxylation is 1. The minimum atomic E-state index is -0.100. The average Bonchev–Trinajstić information content (AvgIpc) is 2.48. The van der Waals surface area contributed by atoms with E-state index in [0.717, 1.165) is 11.2 Å².